The van der Waals surface area contributed by atoms with Crippen LogP contribution < -0.4 is 0 Å². The predicted molar refractivity (Wildman–Crippen MR) is 58.1 cm³/mol. The molecule has 0 heterocycles. The van der Waals surface area contributed by atoms with E-state index in [4.69, 9.17) is 0 Å². The van der Waals surface area contributed by atoms with E-state index < -0.39 is 0 Å². The number of allylic oxidation sites excluding steroid dienone is 2. The van der Waals surface area contributed by atoms with E-state index in [1.54, 1.807) is 0 Å². The summed E-state index contributed by atoms with van der Waals surface area (Å²) in [6.07, 6.45) is 10.4. The SMILES string of the molecule is CC(C=O)C1CC=CCC1.CCC=O. The summed E-state index contributed by atoms with van der Waals surface area (Å²) in [6, 6.07) is 0. The summed E-state index contributed by atoms with van der Waals surface area (Å²) in [5.41, 5.74) is 0. The lowest BCUT2D eigenvalue weighted by Gasteiger charge is -2.19. The zero-order valence-electron chi connectivity index (χ0n) is 9.11. The zero-order valence-corrected chi connectivity index (χ0v) is 9.11. The monoisotopic (exact) mass is 196 g/mol. The number of carbonyl (C=O) groups excluding carboxylic acids is 2. The van der Waals surface area contributed by atoms with Gasteiger partial charge >= 0.3 is 0 Å². The van der Waals surface area contributed by atoms with Gasteiger partial charge in [-0.3, -0.25) is 0 Å². The molecule has 1 rings (SSSR count). The Morgan fingerprint density at radius 1 is 1.43 bits per heavy atom. The van der Waals surface area contributed by atoms with Crippen molar-refractivity contribution in [2.24, 2.45) is 11.8 Å². The van der Waals surface area contributed by atoms with Crippen LogP contribution in [0.4, 0.5) is 0 Å². The second kappa shape index (κ2) is 8.67. The van der Waals surface area contributed by atoms with Crippen LogP contribution in [-0.4, -0.2) is 12.6 Å². The number of carbonyl (C=O) groups is 2. The van der Waals surface area contributed by atoms with Gasteiger partial charge in [-0.2, -0.15) is 0 Å². The standard InChI is InChI=1S/C9H14O.C3H6O/c1-8(7-10)9-5-3-2-4-6-9;1-2-3-4/h2-3,7-9H,4-6H2,1H3;3H,2H2,1H3. The van der Waals surface area contributed by atoms with Crippen LogP contribution in [0.15, 0.2) is 12.2 Å². The van der Waals surface area contributed by atoms with Crippen molar-refractivity contribution in [2.45, 2.75) is 39.5 Å². The summed E-state index contributed by atoms with van der Waals surface area (Å²) in [6.45, 7) is 3.82. The Balaban J connectivity index is 0.000000364. The smallest absolute Gasteiger partial charge is 0.123 e. The Labute approximate surface area is 86.4 Å². The van der Waals surface area contributed by atoms with Crippen molar-refractivity contribution in [2.75, 3.05) is 0 Å². The van der Waals surface area contributed by atoms with E-state index in [1.807, 2.05) is 13.8 Å². The van der Waals surface area contributed by atoms with E-state index in [-0.39, 0.29) is 5.92 Å². The van der Waals surface area contributed by atoms with E-state index in [2.05, 4.69) is 12.2 Å². The van der Waals surface area contributed by atoms with E-state index >= 15 is 0 Å². The molecule has 0 bridgehead atoms. The van der Waals surface area contributed by atoms with Gasteiger partial charge in [-0.1, -0.05) is 26.0 Å². The second-order valence-electron chi connectivity index (χ2n) is 3.61. The van der Waals surface area contributed by atoms with Gasteiger partial charge in [-0.15, -0.1) is 0 Å². The maximum absolute atomic E-state index is 10.4. The lowest BCUT2D eigenvalue weighted by molar-refractivity contribution is -0.112. The fourth-order valence-electron chi connectivity index (χ4n) is 1.41. The Bertz CT molecular complexity index is 185. The highest BCUT2D eigenvalue weighted by molar-refractivity contribution is 5.53. The third kappa shape index (κ3) is 5.68. The molecule has 2 unspecified atom stereocenters. The summed E-state index contributed by atoms with van der Waals surface area (Å²) in [5.74, 6) is 0.868. The van der Waals surface area contributed by atoms with Gasteiger partial charge in [0.25, 0.3) is 0 Å². The molecular formula is C12H20O2. The van der Waals surface area contributed by atoms with Crippen molar-refractivity contribution in [1.82, 2.24) is 0 Å². The summed E-state index contributed by atoms with van der Waals surface area (Å²) in [5, 5.41) is 0. The summed E-state index contributed by atoms with van der Waals surface area (Å²) >= 11 is 0. The molecule has 0 saturated carbocycles. The van der Waals surface area contributed by atoms with Gasteiger partial charge in [-0.05, 0) is 25.2 Å². The van der Waals surface area contributed by atoms with Crippen LogP contribution in [0.25, 0.3) is 0 Å². The first-order valence-corrected chi connectivity index (χ1v) is 5.30. The minimum atomic E-state index is 0.255. The van der Waals surface area contributed by atoms with Gasteiger partial charge in [0.2, 0.25) is 0 Å². The molecule has 0 spiro atoms. The van der Waals surface area contributed by atoms with Crippen molar-refractivity contribution in [3.63, 3.8) is 0 Å². The van der Waals surface area contributed by atoms with E-state index in [0.717, 1.165) is 25.4 Å². The molecule has 14 heavy (non-hydrogen) atoms. The van der Waals surface area contributed by atoms with E-state index in [1.165, 1.54) is 6.42 Å². The quantitative estimate of drug-likeness (QED) is 0.514. The number of hydrogen-bond acceptors (Lipinski definition) is 2. The molecule has 0 aromatic carbocycles. The maximum Gasteiger partial charge on any atom is 0.123 e. The molecule has 2 atom stereocenters. The van der Waals surface area contributed by atoms with E-state index in [0.29, 0.717) is 12.3 Å². The minimum Gasteiger partial charge on any atom is -0.303 e. The lowest BCUT2D eigenvalue weighted by atomic mass is 9.85. The number of aldehydes is 2. The molecule has 0 saturated heterocycles. The zero-order chi connectivity index (χ0) is 10.8. The highest BCUT2D eigenvalue weighted by Gasteiger charge is 2.15. The summed E-state index contributed by atoms with van der Waals surface area (Å²) < 4.78 is 0. The second-order valence-corrected chi connectivity index (χ2v) is 3.61. The molecule has 0 amide bonds. The molecular weight excluding hydrogens is 176 g/mol. The van der Waals surface area contributed by atoms with E-state index in [9.17, 15) is 9.59 Å². The summed E-state index contributed by atoms with van der Waals surface area (Å²) in [7, 11) is 0. The predicted octanol–water partition coefficient (Wildman–Crippen LogP) is 2.77. The minimum absolute atomic E-state index is 0.255. The van der Waals surface area contributed by atoms with Crippen LogP contribution in [0, 0.1) is 11.8 Å². The molecule has 1 aliphatic carbocycles. The number of rotatable bonds is 3. The molecule has 0 aliphatic heterocycles. The van der Waals surface area contributed by atoms with Crippen LogP contribution in [-0.2, 0) is 9.59 Å². The molecule has 0 fully saturated rings. The van der Waals surface area contributed by atoms with Crippen molar-refractivity contribution < 1.29 is 9.59 Å². The van der Waals surface area contributed by atoms with Crippen LogP contribution in [0.3, 0.4) is 0 Å². The van der Waals surface area contributed by atoms with Crippen molar-refractivity contribution in [1.29, 1.82) is 0 Å². The first kappa shape index (κ1) is 13.1. The third-order valence-electron chi connectivity index (χ3n) is 2.43. The Morgan fingerprint density at radius 2 is 2.07 bits per heavy atom. The molecule has 0 aromatic rings. The van der Waals surface area contributed by atoms with Crippen molar-refractivity contribution in [3.8, 4) is 0 Å². The van der Waals surface area contributed by atoms with Crippen LogP contribution in [0.5, 0.6) is 0 Å². The fraction of sp³-hybridized carbons (Fsp3) is 0.667. The molecule has 1 aliphatic rings. The molecule has 0 radical (unpaired) electrons. The molecule has 0 N–H and O–H groups in total. The molecule has 80 valence electrons. The van der Waals surface area contributed by atoms with Gasteiger partial charge in [0.15, 0.2) is 0 Å². The van der Waals surface area contributed by atoms with Gasteiger partial charge in [0, 0.05) is 12.3 Å². The first-order chi connectivity index (χ1) is 6.76. The largest absolute Gasteiger partial charge is 0.303 e. The normalized spacial score (nSPS) is 21.7. The van der Waals surface area contributed by atoms with Crippen LogP contribution in [0.1, 0.15) is 39.5 Å². The molecule has 0 aromatic heterocycles. The average molecular weight is 196 g/mol. The van der Waals surface area contributed by atoms with Gasteiger partial charge in [-0.25, -0.2) is 0 Å². The highest BCUT2D eigenvalue weighted by Crippen LogP contribution is 2.24. The highest BCUT2D eigenvalue weighted by atomic mass is 16.1. The maximum atomic E-state index is 10.4. The fourth-order valence-corrected chi connectivity index (χ4v) is 1.41. The van der Waals surface area contributed by atoms with Gasteiger partial charge < -0.3 is 9.59 Å². The van der Waals surface area contributed by atoms with Gasteiger partial charge in [0.05, 0.1) is 0 Å². The third-order valence-corrected chi connectivity index (χ3v) is 2.43. The number of hydrogen-bond donors (Lipinski definition) is 0. The summed E-state index contributed by atoms with van der Waals surface area (Å²) in [4.78, 5) is 19.6. The van der Waals surface area contributed by atoms with Crippen molar-refractivity contribution >= 4 is 12.6 Å². The van der Waals surface area contributed by atoms with Gasteiger partial charge in [0.1, 0.15) is 12.6 Å². The molecule has 2 heteroatoms. The van der Waals surface area contributed by atoms with Crippen LogP contribution in [0.2, 0.25) is 0 Å². The Hall–Kier alpha value is -0.920. The average Bonchev–Trinajstić information content (AvgIpc) is 2.29. The first-order valence-electron chi connectivity index (χ1n) is 5.30. The Morgan fingerprint density at radius 3 is 2.43 bits per heavy atom. The Kier molecular flexibility index (Phi) is 8.10. The topological polar surface area (TPSA) is 34.1 Å². The van der Waals surface area contributed by atoms with Crippen LogP contribution >= 0.6 is 0 Å². The lowest BCUT2D eigenvalue weighted by Crippen LogP contribution is -2.13. The van der Waals surface area contributed by atoms with Crippen molar-refractivity contribution in [3.05, 3.63) is 12.2 Å². The molecule has 2 nitrogen and oxygen atoms in total.